The van der Waals surface area contributed by atoms with Crippen LogP contribution in [0.5, 0.6) is 0 Å². The van der Waals surface area contributed by atoms with E-state index in [1.807, 2.05) is 0 Å². The number of carboxylic acids is 2. The summed E-state index contributed by atoms with van der Waals surface area (Å²) in [5.74, 6) is -6.79. The first kappa shape index (κ1) is 21.8. The second kappa shape index (κ2) is 7.39. The van der Waals surface area contributed by atoms with Gasteiger partial charge in [-0.15, -0.1) is 0 Å². The van der Waals surface area contributed by atoms with Crippen LogP contribution in [-0.4, -0.2) is 51.4 Å². The van der Waals surface area contributed by atoms with Crippen LogP contribution in [0.3, 0.4) is 0 Å². The van der Waals surface area contributed by atoms with Gasteiger partial charge >= 0.3 is 11.9 Å². The Hall–Kier alpha value is -1.94. The summed E-state index contributed by atoms with van der Waals surface area (Å²) in [6.45, 7) is 1.23. The number of benzene rings is 1. The van der Waals surface area contributed by atoms with Crippen LogP contribution in [0.15, 0.2) is 18.2 Å². The number of hydrogen-bond acceptors (Lipinski definition) is 5. The second-order valence-corrected chi connectivity index (χ2v) is 8.21. The van der Waals surface area contributed by atoms with Crippen LogP contribution < -0.4 is 11.1 Å². The average molecular weight is 449 g/mol. The van der Waals surface area contributed by atoms with E-state index in [4.69, 9.17) is 33.7 Å². The highest BCUT2D eigenvalue weighted by molar-refractivity contribution is 6.42. The molecular formula is C18H19Cl2FN2O6. The van der Waals surface area contributed by atoms with E-state index in [2.05, 4.69) is 5.32 Å². The lowest BCUT2D eigenvalue weighted by molar-refractivity contribution is -0.162. The van der Waals surface area contributed by atoms with Gasteiger partial charge < -0.3 is 26.0 Å². The first-order valence-corrected chi connectivity index (χ1v) is 9.50. The van der Waals surface area contributed by atoms with Gasteiger partial charge in [0.05, 0.1) is 28.8 Å². The molecule has 0 spiro atoms. The number of carboxylic acid groups (broad SMARTS) is 2. The molecule has 0 heterocycles. The largest absolute Gasteiger partial charge is 0.479 e. The summed E-state index contributed by atoms with van der Waals surface area (Å²) in [6, 6.07) is 3.59. The lowest BCUT2D eigenvalue weighted by Crippen LogP contribution is -2.66. The monoisotopic (exact) mass is 448 g/mol. The predicted molar refractivity (Wildman–Crippen MR) is 100 cm³/mol. The molecule has 1 aromatic carbocycles. The fraction of sp³-hybridized carbons (Fsp3) is 0.500. The van der Waals surface area contributed by atoms with Crippen molar-refractivity contribution >= 4 is 41.0 Å². The second-order valence-electron chi connectivity index (χ2n) is 7.39. The molecule has 3 rings (SSSR count). The highest BCUT2D eigenvalue weighted by Gasteiger charge is 2.86. The number of ether oxygens (including phenoxy) is 1. The zero-order valence-electron chi connectivity index (χ0n) is 15.2. The molecule has 0 aromatic heterocycles. The molecule has 8 nitrogen and oxygen atoms in total. The minimum atomic E-state index is -2.76. The molecule has 0 bridgehead atoms. The van der Waals surface area contributed by atoms with Gasteiger partial charge in [0.25, 0.3) is 0 Å². The highest BCUT2D eigenvalue weighted by atomic mass is 35.5. The molecule has 0 aliphatic heterocycles. The van der Waals surface area contributed by atoms with Crippen molar-refractivity contribution in [1.82, 2.24) is 5.32 Å². The SMILES string of the molecule is C[C@H](N)C(=O)N[C@@]1(C(=O)O)[C@H](OCc2ccc(Cl)c(Cl)c2)C[C@@H]2[C@H]1[C@@]2(F)C(=O)O. The van der Waals surface area contributed by atoms with Crippen LogP contribution in [0.1, 0.15) is 18.9 Å². The lowest BCUT2D eigenvalue weighted by Gasteiger charge is -2.36. The van der Waals surface area contributed by atoms with E-state index < -0.39 is 53.0 Å². The van der Waals surface area contributed by atoms with Crippen LogP contribution in [0, 0.1) is 11.8 Å². The fourth-order valence-corrected chi connectivity index (χ4v) is 4.44. The number of hydrogen-bond donors (Lipinski definition) is 4. The molecule has 1 aromatic rings. The minimum absolute atomic E-state index is 0.101. The Balaban J connectivity index is 1.91. The summed E-state index contributed by atoms with van der Waals surface area (Å²) in [4.78, 5) is 35.8. The number of halogens is 3. The number of rotatable bonds is 7. The van der Waals surface area contributed by atoms with E-state index in [1.165, 1.54) is 19.1 Å². The Morgan fingerprint density at radius 1 is 1.31 bits per heavy atom. The van der Waals surface area contributed by atoms with E-state index in [9.17, 15) is 29.0 Å². The number of carbonyl (C=O) groups is 3. The lowest BCUT2D eigenvalue weighted by atomic mass is 9.86. The topological polar surface area (TPSA) is 139 Å². The molecule has 0 radical (unpaired) electrons. The Kier molecular flexibility index (Phi) is 5.55. The van der Waals surface area contributed by atoms with Crippen molar-refractivity contribution < 1.29 is 33.7 Å². The standard InChI is InChI=1S/C18H19Cl2FN2O6/c1-7(22)14(24)23-18(16(27)28)12(5-9-13(18)17(9,21)15(25)26)29-6-8-2-3-10(19)11(20)4-8/h2-4,7,9,12-13H,5-6,22H2,1H3,(H,23,24)(H,25,26)(H,27,28)/t7-,9+,12+,13-,17+,18-/m0/s1. The van der Waals surface area contributed by atoms with Crippen molar-refractivity contribution in [3.8, 4) is 0 Å². The predicted octanol–water partition coefficient (Wildman–Crippen LogP) is 1.61. The van der Waals surface area contributed by atoms with Gasteiger partial charge in [0, 0.05) is 11.8 Å². The van der Waals surface area contributed by atoms with Crippen LogP contribution in [0.2, 0.25) is 10.0 Å². The minimum Gasteiger partial charge on any atom is -0.479 e. The van der Waals surface area contributed by atoms with Gasteiger partial charge in [-0.3, -0.25) is 4.79 Å². The molecule has 11 heteroatoms. The first-order chi connectivity index (χ1) is 13.5. The van der Waals surface area contributed by atoms with E-state index in [0.29, 0.717) is 10.6 Å². The van der Waals surface area contributed by atoms with Crippen LogP contribution in [0.25, 0.3) is 0 Å². The smallest absolute Gasteiger partial charge is 0.342 e. The Morgan fingerprint density at radius 3 is 2.48 bits per heavy atom. The third kappa shape index (κ3) is 3.35. The van der Waals surface area contributed by atoms with Crippen molar-refractivity contribution in [3.63, 3.8) is 0 Å². The van der Waals surface area contributed by atoms with Crippen LogP contribution in [0.4, 0.5) is 4.39 Å². The van der Waals surface area contributed by atoms with Gasteiger partial charge in [0.2, 0.25) is 11.6 Å². The number of fused-ring (bicyclic) bond motifs is 1. The Morgan fingerprint density at radius 2 is 1.97 bits per heavy atom. The summed E-state index contributed by atoms with van der Waals surface area (Å²) in [5.41, 5.74) is 1.07. The number of aliphatic carboxylic acids is 2. The molecule has 2 saturated carbocycles. The fourth-order valence-electron chi connectivity index (χ4n) is 4.12. The molecule has 2 fully saturated rings. The molecule has 6 atom stereocenters. The first-order valence-electron chi connectivity index (χ1n) is 8.75. The van der Waals surface area contributed by atoms with Gasteiger partial charge in [0.1, 0.15) is 0 Å². The third-order valence-corrected chi connectivity index (χ3v) is 6.35. The number of amides is 1. The maximum Gasteiger partial charge on any atom is 0.342 e. The average Bonchev–Trinajstić information content (AvgIpc) is 3.08. The molecule has 0 saturated heterocycles. The Labute approximate surface area is 175 Å². The summed E-state index contributed by atoms with van der Waals surface area (Å²) in [7, 11) is 0. The van der Waals surface area contributed by atoms with Crippen molar-refractivity contribution in [2.45, 2.75) is 43.3 Å². The molecule has 1 amide bonds. The van der Waals surface area contributed by atoms with E-state index in [-0.39, 0.29) is 18.1 Å². The molecule has 2 aliphatic carbocycles. The van der Waals surface area contributed by atoms with E-state index in [1.54, 1.807) is 6.07 Å². The maximum absolute atomic E-state index is 14.9. The molecule has 2 aliphatic rings. The molecule has 5 N–H and O–H groups in total. The van der Waals surface area contributed by atoms with Gasteiger partial charge in [0.15, 0.2) is 5.54 Å². The number of alkyl halides is 1. The molecule has 158 valence electrons. The quantitative estimate of drug-likeness (QED) is 0.496. The summed E-state index contributed by atoms with van der Waals surface area (Å²) in [6.07, 6.45) is -1.37. The van der Waals surface area contributed by atoms with Crippen molar-refractivity contribution in [2.75, 3.05) is 0 Å². The summed E-state index contributed by atoms with van der Waals surface area (Å²) < 4.78 is 20.7. The summed E-state index contributed by atoms with van der Waals surface area (Å²) in [5, 5.41) is 22.0. The van der Waals surface area contributed by atoms with Gasteiger partial charge in [-0.25, -0.2) is 14.0 Å². The number of nitrogens with two attached hydrogens (primary N) is 1. The van der Waals surface area contributed by atoms with Crippen molar-refractivity contribution in [2.24, 2.45) is 17.6 Å². The molecule has 29 heavy (non-hydrogen) atoms. The maximum atomic E-state index is 14.9. The van der Waals surface area contributed by atoms with Crippen LogP contribution in [-0.2, 0) is 25.7 Å². The molecular weight excluding hydrogens is 430 g/mol. The zero-order valence-corrected chi connectivity index (χ0v) is 16.7. The Bertz CT molecular complexity index is 884. The van der Waals surface area contributed by atoms with Gasteiger partial charge in [-0.2, -0.15) is 0 Å². The van der Waals surface area contributed by atoms with E-state index >= 15 is 0 Å². The van der Waals surface area contributed by atoms with E-state index in [0.717, 1.165) is 0 Å². The third-order valence-electron chi connectivity index (χ3n) is 5.61. The number of carbonyl (C=O) groups excluding carboxylic acids is 1. The van der Waals surface area contributed by atoms with Crippen molar-refractivity contribution in [3.05, 3.63) is 33.8 Å². The van der Waals surface area contributed by atoms with Gasteiger partial charge in [-0.05, 0) is 31.0 Å². The van der Waals surface area contributed by atoms with Gasteiger partial charge in [-0.1, -0.05) is 29.3 Å². The number of nitrogens with one attached hydrogen (secondary N) is 1. The van der Waals surface area contributed by atoms with Crippen molar-refractivity contribution in [1.29, 1.82) is 0 Å². The molecule has 0 unspecified atom stereocenters. The zero-order chi connectivity index (χ0) is 21.7. The van der Waals surface area contributed by atoms with Crippen LogP contribution >= 0.6 is 23.2 Å². The highest BCUT2D eigenvalue weighted by Crippen LogP contribution is 2.68. The summed E-state index contributed by atoms with van der Waals surface area (Å²) >= 11 is 11.8. The normalized spacial score (nSPS) is 33.6.